The van der Waals surface area contributed by atoms with Crippen LogP contribution >= 0.6 is 0 Å². The summed E-state index contributed by atoms with van der Waals surface area (Å²) in [6.07, 6.45) is 7.96. The van der Waals surface area contributed by atoms with Gasteiger partial charge in [-0.1, -0.05) is 25.0 Å². The van der Waals surface area contributed by atoms with Gasteiger partial charge in [0.2, 0.25) is 0 Å². The van der Waals surface area contributed by atoms with Crippen LogP contribution in [0, 0.1) is 23.7 Å². The number of ether oxygens (including phenoxy) is 2. The van der Waals surface area contributed by atoms with E-state index in [1.54, 1.807) is 0 Å². The number of fused-ring (bicyclic) bond motifs is 1. The van der Waals surface area contributed by atoms with Gasteiger partial charge in [0.25, 0.3) is 0 Å². The lowest BCUT2D eigenvalue weighted by Crippen LogP contribution is -2.26. The molecule has 17 heavy (non-hydrogen) atoms. The van der Waals surface area contributed by atoms with Crippen LogP contribution < -0.4 is 0 Å². The number of rotatable bonds is 2. The first-order chi connectivity index (χ1) is 8.34. The molecule has 0 aromatic heterocycles. The second-order valence-corrected chi connectivity index (χ2v) is 6.41. The largest absolute Gasteiger partial charge is 0.373 e. The minimum absolute atomic E-state index is 0.524. The molecule has 6 unspecified atom stereocenters. The van der Waals surface area contributed by atoms with Gasteiger partial charge >= 0.3 is 0 Å². The van der Waals surface area contributed by atoms with Gasteiger partial charge in [0.1, 0.15) is 0 Å². The highest BCUT2D eigenvalue weighted by molar-refractivity contribution is 5.18. The molecule has 2 heteroatoms. The maximum absolute atomic E-state index is 5.60. The first-order valence-corrected chi connectivity index (χ1v) is 7.25. The van der Waals surface area contributed by atoms with Crippen LogP contribution in [0.3, 0.4) is 0 Å². The molecule has 0 aromatic rings. The smallest absolute Gasteiger partial charge is 0.0877 e. The van der Waals surface area contributed by atoms with E-state index in [1.165, 1.54) is 37.7 Å². The van der Waals surface area contributed by atoms with Crippen molar-refractivity contribution in [1.29, 1.82) is 0 Å². The average molecular weight is 234 g/mol. The van der Waals surface area contributed by atoms with Crippen LogP contribution in [0.5, 0.6) is 0 Å². The first kappa shape index (κ1) is 10.6. The lowest BCUT2D eigenvalue weighted by atomic mass is 9.78. The Balaban J connectivity index is 1.60. The SMILES string of the molecule is C=C1CC2C(C3CO3)CCCCC2C1C1CO1. The van der Waals surface area contributed by atoms with E-state index < -0.39 is 0 Å². The molecule has 94 valence electrons. The van der Waals surface area contributed by atoms with Crippen LogP contribution in [0.2, 0.25) is 0 Å². The van der Waals surface area contributed by atoms with Crippen molar-refractivity contribution in [2.45, 2.75) is 44.3 Å². The minimum Gasteiger partial charge on any atom is -0.373 e. The summed E-state index contributed by atoms with van der Waals surface area (Å²) in [5.41, 5.74) is 1.48. The summed E-state index contributed by atoms with van der Waals surface area (Å²) in [6, 6.07) is 0. The number of hydrogen-bond acceptors (Lipinski definition) is 2. The fraction of sp³-hybridized carbons (Fsp3) is 0.867. The van der Waals surface area contributed by atoms with Crippen molar-refractivity contribution in [2.75, 3.05) is 13.2 Å². The van der Waals surface area contributed by atoms with Crippen molar-refractivity contribution >= 4 is 0 Å². The van der Waals surface area contributed by atoms with Crippen LogP contribution in [0.25, 0.3) is 0 Å². The third-order valence-corrected chi connectivity index (χ3v) is 5.45. The molecule has 2 aliphatic heterocycles. The highest BCUT2D eigenvalue weighted by atomic mass is 16.6. The van der Waals surface area contributed by atoms with Gasteiger partial charge < -0.3 is 9.47 Å². The van der Waals surface area contributed by atoms with E-state index in [9.17, 15) is 0 Å². The normalized spacial score (nSPS) is 53.1. The molecule has 0 bridgehead atoms. The average Bonchev–Trinajstić information content (AvgIpc) is 3.15. The summed E-state index contributed by atoms with van der Waals surface area (Å²) in [6.45, 7) is 6.35. The van der Waals surface area contributed by atoms with Crippen LogP contribution in [0.1, 0.15) is 32.1 Å². The molecule has 4 fully saturated rings. The van der Waals surface area contributed by atoms with Gasteiger partial charge in [0.05, 0.1) is 25.4 Å². The van der Waals surface area contributed by atoms with Crippen molar-refractivity contribution in [3.63, 3.8) is 0 Å². The zero-order chi connectivity index (χ0) is 11.4. The molecule has 0 aromatic carbocycles. The second-order valence-electron chi connectivity index (χ2n) is 6.41. The maximum Gasteiger partial charge on any atom is 0.0877 e. The monoisotopic (exact) mass is 234 g/mol. The first-order valence-electron chi connectivity index (χ1n) is 7.25. The summed E-state index contributed by atoms with van der Waals surface area (Å²) in [4.78, 5) is 0. The lowest BCUT2D eigenvalue weighted by molar-refractivity contribution is 0.176. The molecule has 0 radical (unpaired) electrons. The van der Waals surface area contributed by atoms with Crippen LogP contribution in [0.4, 0.5) is 0 Å². The van der Waals surface area contributed by atoms with E-state index in [4.69, 9.17) is 9.47 Å². The lowest BCUT2D eigenvalue weighted by Gasteiger charge is -2.26. The summed E-state index contributed by atoms with van der Waals surface area (Å²) in [5.74, 6) is 3.21. The molecular weight excluding hydrogens is 212 g/mol. The van der Waals surface area contributed by atoms with E-state index in [0.717, 1.165) is 31.0 Å². The number of hydrogen-bond donors (Lipinski definition) is 0. The molecule has 4 rings (SSSR count). The van der Waals surface area contributed by atoms with Crippen molar-refractivity contribution < 1.29 is 9.47 Å². The highest BCUT2D eigenvalue weighted by Crippen LogP contribution is 2.54. The van der Waals surface area contributed by atoms with Crippen molar-refractivity contribution in [3.8, 4) is 0 Å². The Labute approximate surface area is 103 Å². The molecule has 0 N–H and O–H groups in total. The summed E-state index contributed by atoms with van der Waals surface area (Å²) >= 11 is 0. The Morgan fingerprint density at radius 3 is 2.18 bits per heavy atom. The Hall–Kier alpha value is -0.340. The van der Waals surface area contributed by atoms with Gasteiger partial charge in [0, 0.05) is 5.92 Å². The van der Waals surface area contributed by atoms with E-state index in [0.29, 0.717) is 18.1 Å². The third-order valence-electron chi connectivity index (χ3n) is 5.45. The Bertz CT molecular complexity index is 330. The molecule has 2 saturated carbocycles. The molecule has 2 aliphatic carbocycles. The van der Waals surface area contributed by atoms with Crippen molar-refractivity contribution in [3.05, 3.63) is 12.2 Å². The summed E-state index contributed by atoms with van der Waals surface area (Å²) < 4.78 is 11.2. The van der Waals surface area contributed by atoms with Gasteiger partial charge in [-0.25, -0.2) is 0 Å². The predicted molar refractivity (Wildman–Crippen MR) is 65.7 cm³/mol. The number of epoxide rings is 2. The fourth-order valence-electron chi connectivity index (χ4n) is 4.56. The summed E-state index contributed by atoms with van der Waals surface area (Å²) in [7, 11) is 0. The molecular formula is C15H22O2. The fourth-order valence-corrected chi connectivity index (χ4v) is 4.56. The van der Waals surface area contributed by atoms with E-state index in [2.05, 4.69) is 6.58 Å². The van der Waals surface area contributed by atoms with Crippen LogP contribution in [0.15, 0.2) is 12.2 Å². The molecule has 6 atom stereocenters. The van der Waals surface area contributed by atoms with Gasteiger partial charge in [-0.3, -0.25) is 0 Å². The van der Waals surface area contributed by atoms with Crippen molar-refractivity contribution in [2.24, 2.45) is 23.7 Å². The van der Waals surface area contributed by atoms with Gasteiger partial charge in [-0.15, -0.1) is 0 Å². The topological polar surface area (TPSA) is 25.1 Å². The van der Waals surface area contributed by atoms with Gasteiger partial charge in [-0.2, -0.15) is 0 Å². The minimum atomic E-state index is 0.524. The predicted octanol–water partition coefficient (Wildman–Crippen LogP) is 2.78. The highest BCUT2D eigenvalue weighted by Gasteiger charge is 2.52. The molecule has 4 aliphatic rings. The van der Waals surface area contributed by atoms with Crippen LogP contribution in [-0.2, 0) is 9.47 Å². The van der Waals surface area contributed by atoms with E-state index in [-0.39, 0.29) is 0 Å². The maximum atomic E-state index is 5.60. The van der Waals surface area contributed by atoms with Crippen molar-refractivity contribution in [1.82, 2.24) is 0 Å². The summed E-state index contributed by atoms with van der Waals surface area (Å²) in [5, 5.41) is 0. The Morgan fingerprint density at radius 2 is 1.53 bits per heavy atom. The molecule has 2 saturated heterocycles. The molecule has 2 heterocycles. The van der Waals surface area contributed by atoms with E-state index in [1.807, 2.05) is 0 Å². The zero-order valence-corrected chi connectivity index (χ0v) is 10.4. The molecule has 0 amide bonds. The van der Waals surface area contributed by atoms with Gasteiger partial charge in [-0.05, 0) is 37.0 Å². The molecule has 2 nitrogen and oxygen atoms in total. The van der Waals surface area contributed by atoms with Crippen LogP contribution in [-0.4, -0.2) is 25.4 Å². The van der Waals surface area contributed by atoms with E-state index >= 15 is 0 Å². The zero-order valence-electron chi connectivity index (χ0n) is 10.4. The second kappa shape index (κ2) is 3.83. The molecule has 0 spiro atoms. The standard InChI is InChI=1S/C15H22O2/c1-9-6-12-10(13-7-16-13)4-2-3-5-11(12)15(9)14-8-17-14/h10-15H,1-8H2. The Kier molecular flexibility index (Phi) is 2.38. The Morgan fingerprint density at radius 1 is 0.882 bits per heavy atom. The van der Waals surface area contributed by atoms with Gasteiger partial charge in [0.15, 0.2) is 0 Å². The third kappa shape index (κ3) is 1.77. The quantitative estimate of drug-likeness (QED) is 0.542.